The molecule has 0 aromatic carbocycles. The van der Waals surface area contributed by atoms with E-state index < -0.39 is 0 Å². The van der Waals surface area contributed by atoms with E-state index in [2.05, 4.69) is 23.1 Å². The molecular weight excluding hydrogens is 456 g/mol. The third-order valence-electron chi connectivity index (χ3n) is 6.72. The zero-order chi connectivity index (χ0) is 26.7. The van der Waals surface area contributed by atoms with Crippen molar-refractivity contribution in [2.45, 2.75) is 65.1 Å². The molecule has 0 atom stereocenters. The van der Waals surface area contributed by atoms with Gasteiger partial charge in [0.25, 0.3) is 5.91 Å². The maximum atomic E-state index is 13.1. The number of esters is 1. The topological polar surface area (TPSA) is 97.5 Å². The summed E-state index contributed by atoms with van der Waals surface area (Å²) in [4.78, 5) is 32.9. The van der Waals surface area contributed by atoms with Crippen molar-refractivity contribution in [1.82, 2.24) is 9.80 Å². The van der Waals surface area contributed by atoms with Crippen molar-refractivity contribution in [2.75, 3.05) is 46.4 Å². The Balaban J connectivity index is 1.83. The summed E-state index contributed by atoms with van der Waals surface area (Å²) in [5.74, 6) is -0.331. The highest BCUT2D eigenvalue weighted by atomic mass is 16.5. The Bertz CT molecular complexity index is 889. The van der Waals surface area contributed by atoms with Crippen molar-refractivity contribution in [3.05, 3.63) is 47.7 Å². The number of rotatable bonds is 11. The zero-order valence-electron chi connectivity index (χ0n) is 22.6. The van der Waals surface area contributed by atoms with Crippen LogP contribution in [0.4, 0.5) is 0 Å². The number of nitrogens with zero attached hydrogens (tertiary/aromatic N) is 3. The van der Waals surface area contributed by atoms with Gasteiger partial charge in [0.2, 0.25) is 0 Å². The second-order valence-electron chi connectivity index (χ2n) is 9.44. The van der Waals surface area contributed by atoms with Gasteiger partial charge in [0.15, 0.2) is 0 Å². The van der Waals surface area contributed by atoms with Gasteiger partial charge in [0.1, 0.15) is 5.71 Å². The van der Waals surface area contributed by atoms with Crippen molar-refractivity contribution in [3.8, 4) is 0 Å². The minimum Gasteiger partial charge on any atom is -0.465 e. The van der Waals surface area contributed by atoms with Crippen LogP contribution < -0.4 is 5.73 Å². The van der Waals surface area contributed by atoms with Crippen molar-refractivity contribution < 1.29 is 19.1 Å². The van der Waals surface area contributed by atoms with Crippen LogP contribution in [0.15, 0.2) is 52.7 Å². The van der Waals surface area contributed by atoms with Gasteiger partial charge in [-0.15, -0.1) is 0 Å². The number of carbonyl (C=O) groups excluding carboxylic acids is 2. The summed E-state index contributed by atoms with van der Waals surface area (Å²) in [6.45, 7) is 17.5. The van der Waals surface area contributed by atoms with Crippen molar-refractivity contribution in [2.24, 2.45) is 10.7 Å². The van der Waals surface area contributed by atoms with Gasteiger partial charge in [-0.05, 0) is 63.2 Å². The molecule has 8 nitrogen and oxygen atoms in total. The summed E-state index contributed by atoms with van der Waals surface area (Å²) >= 11 is 0. The minimum atomic E-state index is -0.169. The van der Waals surface area contributed by atoms with Gasteiger partial charge >= 0.3 is 5.97 Å². The third kappa shape index (κ3) is 9.06. The lowest BCUT2D eigenvalue weighted by atomic mass is 10.0. The lowest BCUT2D eigenvalue weighted by Gasteiger charge is -2.37. The van der Waals surface area contributed by atoms with E-state index in [1.165, 1.54) is 0 Å². The van der Waals surface area contributed by atoms with E-state index in [1.54, 1.807) is 18.0 Å². The molecule has 2 aliphatic rings. The molecule has 0 radical (unpaired) electrons. The molecule has 0 aromatic rings. The predicted octanol–water partition coefficient (Wildman–Crippen LogP) is 3.40. The molecule has 0 unspecified atom stereocenters. The number of piperidine rings is 2. The molecule has 2 rings (SSSR count). The quantitative estimate of drug-likeness (QED) is 0.265. The molecule has 2 fully saturated rings. The zero-order valence-corrected chi connectivity index (χ0v) is 22.6. The van der Waals surface area contributed by atoms with E-state index in [1.807, 2.05) is 26.8 Å². The van der Waals surface area contributed by atoms with Crippen LogP contribution >= 0.6 is 0 Å². The van der Waals surface area contributed by atoms with Crippen LogP contribution in [0.1, 0.15) is 52.9 Å². The Hall–Kier alpha value is -2.71. The van der Waals surface area contributed by atoms with Crippen LogP contribution in [0.2, 0.25) is 0 Å². The molecule has 0 saturated carbocycles. The highest BCUT2D eigenvalue weighted by Crippen LogP contribution is 2.22. The number of aliphatic imine (C=N–C) groups is 1. The predicted molar refractivity (Wildman–Crippen MR) is 145 cm³/mol. The molecule has 0 spiro atoms. The second-order valence-corrected chi connectivity index (χ2v) is 9.44. The molecule has 0 aliphatic carbocycles. The lowest BCUT2D eigenvalue weighted by Crippen LogP contribution is -2.46. The Labute approximate surface area is 216 Å². The summed E-state index contributed by atoms with van der Waals surface area (Å²) in [7, 11) is 1.59. The first-order chi connectivity index (χ1) is 17.2. The summed E-state index contributed by atoms with van der Waals surface area (Å²) in [5.41, 5.74) is 9.53. The fourth-order valence-electron chi connectivity index (χ4n) is 4.43. The average molecular weight is 501 g/mol. The fourth-order valence-corrected chi connectivity index (χ4v) is 4.43. The first-order valence-corrected chi connectivity index (χ1v) is 13.0. The summed E-state index contributed by atoms with van der Waals surface area (Å²) in [5, 5.41) is 0. The molecule has 2 aliphatic heterocycles. The Morgan fingerprint density at radius 1 is 1.03 bits per heavy atom. The Morgan fingerprint density at radius 3 is 2.14 bits per heavy atom. The number of ether oxygens (including phenoxy) is 2. The summed E-state index contributed by atoms with van der Waals surface area (Å²) < 4.78 is 11.4. The first kappa shape index (κ1) is 29.5. The van der Waals surface area contributed by atoms with Crippen molar-refractivity contribution in [3.63, 3.8) is 0 Å². The van der Waals surface area contributed by atoms with E-state index in [4.69, 9.17) is 15.2 Å². The van der Waals surface area contributed by atoms with Crippen molar-refractivity contribution in [1.29, 1.82) is 0 Å². The molecule has 2 N–H and O–H groups in total. The van der Waals surface area contributed by atoms with E-state index in [-0.39, 0.29) is 29.8 Å². The van der Waals surface area contributed by atoms with Gasteiger partial charge in [-0.25, -0.2) is 0 Å². The molecule has 200 valence electrons. The largest absolute Gasteiger partial charge is 0.465 e. The normalized spacial score (nSPS) is 19.3. The Kier molecular flexibility index (Phi) is 12.1. The fraction of sp³-hybridized carbons (Fsp3) is 0.607. The van der Waals surface area contributed by atoms with E-state index in [9.17, 15) is 9.59 Å². The molecule has 2 heterocycles. The summed E-state index contributed by atoms with van der Waals surface area (Å²) in [6, 6.07) is 0. The van der Waals surface area contributed by atoms with Crippen LogP contribution in [0, 0.1) is 0 Å². The smallest absolute Gasteiger partial charge is 0.320 e. The van der Waals surface area contributed by atoms with Gasteiger partial charge in [-0.2, -0.15) is 0 Å². The number of hydrogen-bond donors (Lipinski definition) is 1. The van der Waals surface area contributed by atoms with Crippen LogP contribution in [-0.2, 0) is 19.1 Å². The third-order valence-corrected chi connectivity index (χ3v) is 6.72. The SMILES string of the molecule is C=C(/C=C(\C)C(=C)/C=C(/N)C(=NC)C(=O)N1CCC(OC2CCN(CC(=O)OCC)CC2)CC1)CC. The highest BCUT2D eigenvalue weighted by molar-refractivity contribution is 6.45. The van der Waals surface area contributed by atoms with E-state index in [0.717, 1.165) is 61.9 Å². The number of nitrogens with two attached hydrogens (primary N) is 1. The molecule has 8 heteroatoms. The molecule has 0 bridgehead atoms. The highest BCUT2D eigenvalue weighted by Gasteiger charge is 2.30. The van der Waals surface area contributed by atoms with Gasteiger partial charge in [0.05, 0.1) is 31.1 Å². The molecule has 36 heavy (non-hydrogen) atoms. The van der Waals surface area contributed by atoms with Crippen LogP contribution in [0.25, 0.3) is 0 Å². The van der Waals surface area contributed by atoms with Gasteiger partial charge < -0.3 is 20.1 Å². The maximum Gasteiger partial charge on any atom is 0.320 e. The standard InChI is InChI=1S/C28H44N4O4/c1-7-20(3)17-21(4)22(5)18-25(29)27(30-6)28(34)32-15-11-24(12-16-32)36-23-9-13-31(14-10-23)19-26(33)35-8-2/h17-18,23-24H,3,5,7-16,19,29H2,1-2,4,6H3/b21-17+,25-18+,30-27?. The van der Waals surface area contributed by atoms with Gasteiger partial charge in [-0.1, -0.05) is 31.7 Å². The number of amides is 1. The monoisotopic (exact) mass is 500 g/mol. The minimum absolute atomic E-state index is 0.129. The van der Waals surface area contributed by atoms with Crippen LogP contribution in [-0.4, -0.2) is 86.0 Å². The molecule has 1 amide bonds. The summed E-state index contributed by atoms with van der Waals surface area (Å²) in [6.07, 6.45) is 8.22. The van der Waals surface area contributed by atoms with Crippen LogP contribution in [0.5, 0.6) is 0 Å². The number of hydrogen-bond acceptors (Lipinski definition) is 7. The molecular formula is C28H44N4O4. The van der Waals surface area contributed by atoms with E-state index >= 15 is 0 Å². The van der Waals surface area contributed by atoms with E-state index in [0.29, 0.717) is 31.9 Å². The van der Waals surface area contributed by atoms with Crippen molar-refractivity contribution >= 4 is 17.6 Å². The average Bonchev–Trinajstić information content (AvgIpc) is 2.86. The number of allylic oxidation sites excluding steroid dienone is 5. The van der Waals surface area contributed by atoms with Gasteiger partial charge in [0, 0.05) is 33.2 Å². The molecule has 0 aromatic heterocycles. The second kappa shape index (κ2) is 14.8. The maximum absolute atomic E-state index is 13.1. The van der Waals surface area contributed by atoms with Crippen LogP contribution in [0.3, 0.4) is 0 Å². The lowest BCUT2D eigenvalue weighted by molar-refractivity contribution is -0.145. The van der Waals surface area contributed by atoms with Gasteiger partial charge in [-0.3, -0.25) is 19.5 Å². The number of likely N-dealkylation sites (tertiary alicyclic amines) is 2. The number of carbonyl (C=O) groups is 2. The Morgan fingerprint density at radius 2 is 1.61 bits per heavy atom. The molecule has 2 saturated heterocycles. The first-order valence-electron chi connectivity index (χ1n) is 13.0.